The highest BCUT2D eigenvalue weighted by Gasteiger charge is 2.28. The highest BCUT2D eigenvalue weighted by Crippen LogP contribution is 2.51. The summed E-state index contributed by atoms with van der Waals surface area (Å²) in [4.78, 5) is 0. The summed E-state index contributed by atoms with van der Waals surface area (Å²) in [6.45, 7) is 27.6. The van der Waals surface area contributed by atoms with Crippen molar-refractivity contribution in [3.63, 3.8) is 0 Å². The molecule has 0 heterocycles. The van der Waals surface area contributed by atoms with Crippen LogP contribution in [0.5, 0.6) is 0 Å². The lowest BCUT2D eigenvalue weighted by atomic mass is 10.0. The molecule has 39 heavy (non-hydrogen) atoms. The van der Waals surface area contributed by atoms with E-state index < -0.39 is 15.8 Å². The summed E-state index contributed by atoms with van der Waals surface area (Å²) in [5.41, 5.74) is 17.2. The van der Waals surface area contributed by atoms with Crippen LogP contribution in [0.15, 0.2) is 48.5 Å². The molecule has 0 amide bonds. The first kappa shape index (κ1) is 29.7. The largest absolute Gasteiger partial charge is 0.0584 e. The summed E-state index contributed by atoms with van der Waals surface area (Å²) < 4.78 is 0. The zero-order valence-corrected chi connectivity index (χ0v) is 28.0. The Morgan fingerprint density at radius 3 is 0.718 bits per heavy atom. The molecule has 4 aromatic rings. The predicted octanol–water partition coefficient (Wildman–Crippen LogP) is 8.91. The maximum absolute atomic E-state index is 2.45. The molecular formula is C37H46P2. The summed E-state index contributed by atoms with van der Waals surface area (Å²) in [6.07, 6.45) is 0. The minimum Gasteiger partial charge on any atom is -0.0584 e. The van der Waals surface area contributed by atoms with Crippen LogP contribution in [0.4, 0.5) is 0 Å². The molecule has 0 aliphatic heterocycles. The molecule has 0 aromatic heterocycles. The van der Waals surface area contributed by atoms with Gasteiger partial charge in [-0.1, -0.05) is 48.5 Å². The number of benzene rings is 4. The van der Waals surface area contributed by atoms with Gasteiger partial charge in [0.05, 0.1) is 0 Å². The Bertz CT molecular complexity index is 1330. The molecule has 4 aromatic carbocycles. The predicted molar refractivity (Wildman–Crippen MR) is 180 cm³/mol. The standard InChI is InChI=1S/C37H46P2/c1-22-13-17-34(30(9)26(22)5)38(35-18-14-23(2)27(6)31(35)10)21-39(36-19-15-24(3)28(7)32(36)11)37-20-16-25(4)29(8)33(37)12/h13-20H,21H2,1-12H3. The molecule has 0 unspecified atom stereocenters. The first-order chi connectivity index (χ1) is 18.3. The normalized spacial score (nSPS) is 11.6. The van der Waals surface area contributed by atoms with Crippen LogP contribution in [0.25, 0.3) is 0 Å². The summed E-state index contributed by atoms with van der Waals surface area (Å²) in [7, 11) is -1.13. The van der Waals surface area contributed by atoms with Gasteiger partial charge < -0.3 is 0 Å². The van der Waals surface area contributed by atoms with Gasteiger partial charge in [-0.05, 0) is 187 Å². The van der Waals surface area contributed by atoms with Crippen molar-refractivity contribution >= 4 is 37.1 Å². The Morgan fingerprint density at radius 1 is 0.308 bits per heavy atom. The first-order valence-electron chi connectivity index (χ1n) is 14.2. The van der Waals surface area contributed by atoms with Crippen LogP contribution >= 0.6 is 15.8 Å². The monoisotopic (exact) mass is 552 g/mol. The van der Waals surface area contributed by atoms with Gasteiger partial charge >= 0.3 is 0 Å². The molecule has 0 atom stereocenters. The van der Waals surface area contributed by atoms with Crippen molar-refractivity contribution in [2.45, 2.75) is 83.1 Å². The van der Waals surface area contributed by atoms with E-state index >= 15 is 0 Å². The van der Waals surface area contributed by atoms with Crippen LogP contribution in [0.2, 0.25) is 0 Å². The molecule has 0 radical (unpaired) electrons. The summed E-state index contributed by atoms with van der Waals surface area (Å²) in [5.74, 6) is 1.17. The van der Waals surface area contributed by atoms with Crippen molar-refractivity contribution in [2.75, 3.05) is 5.90 Å². The van der Waals surface area contributed by atoms with Crippen LogP contribution in [0.3, 0.4) is 0 Å². The van der Waals surface area contributed by atoms with Gasteiger partial charge in [-0.2, -0.15) is 0 Å². The average molecular weight is 553 g/mol. The van der Waals surface area contributed by atoms with E-state index in [0.29, 0.717) is 0 Å². The molecule has 2 heteroatoms. The molecule has 0 aliphatic rings. The number of aryl methyl sites for hydroxylation is 4. The molecule has 4 rings (SSSR count). The van der Waals surface area contributed by atoms with E-state index in [1.165, 1.54) is 72.7 Å². The van der Waals surface area contributed by atoms with Crippen LogP contribution in [0, 0.1) is 83.1 Å². The molecule has 0 saturated heterocycles. The number of hydrogen-bond donors (Lipinski definition) is 0. The molecular weight excluding hydrogens is 506 g/mol. The van der Waals surface area contributed by atoms with E-state index in [9.17, 15) is 0 Å². The summed E-state index contributed by atoms with van der Waals surface area (Å²) in [6, 6.07) is 19.2. The SMILES string of the molecule is Cc1ccc(P(CP(c2ccc(C)c(C)c2C)c2ccc(C)c(C)c2C)c2ccc(C)c(C)c2C)c(C)c1C. The van der Waals surface area contributed by atoms with Crippen molar-refractivity contribution in [3.8, 4) is 0 Å². The lowest BCUT2D eigenvalue weighted by molar-refractivity contribution is 1.28. The van der Waals surface area contributed by atoms with Crippen molar-refractivity contribution in [1.82, 2.24) is 0 Å². The molecule has 0 bridgehead atoms. The lowest BCUT2D eigenvalue weighted by Gasteiger charge is -2.32. The zero-order chi connectivity index (χ0) is 28.8. The third kappa shape index (κ3) is 5.53. The van der Waals surface area contributed by atoms with E-state index in [4.69, 9.17) is 0 Å². The maximum Gasteiger partial charge on any atom is 0.00409 e. The topological polar surface area (TPSA) is 0 Å². The fourth-order valence-electron chi connectivity index (χ4n) is 5.64. The second-order valence-corrected chi connectivity index (χ2v) is 16.4. The number of hydrogen-bond acceptors (Lipinski definition) is 0. The maximum atomic E-state index is 2.45. The van der Waals surface area contributed by atoms with E-state index in [1.807, 2.05) is 0 Å². The van der Waals surface area contributed by atoms with Crippen molar-refractivity contribution in [1.29, 1.82) is 0 Å². The van der Waals surface area contributed by atoms with Gasteiger partial charge in [0, 0.05) is 5.90 Å². The van der Waals surface area contributed by atoms with E-state index in [2.05, 4.69) is 132 Å². The fourth-order valence-corrected chi connectivity index (χ4v) is 13.0. The average Bonchev–Trinajstić information content (AvgIpc) is 2.91. The van der Waals surface area contributed by atoms with Gasteiger partial charge in [0.25, 0.3) is 0 Å². The van der Waals surface area contributed by atoms with Crippen LogP contribution < -0.4 is 21.2 Å². The highest BCUT2D eigenvalue weighted by molar-refractivity contribution is 7.88. The Hall–Kier alpha value is -2.26. The van der Waals surface area contributed by atoms with Crippen molar-refractivity contribution in [3.05, 3.63) is 115 Å². The first-order valence-corrected chi connectivity index (χ1v) is 17.2. The molecule has 0 aliphatic carbocycles. The van der Waals surface area contributed by atoms with Crippen molar-refractivity contribution in [2.24, 2.45) is 0 Å². The molecule has 0 N–H and O–H groups in total. The fraction of sp³-hybridized carbons (Fsp3) is 0.351. The second-order valence-electron chi connectivity index (χ2n) is 11.6. The minimum atomic E-state index is -0.567. The van der Waals surface area contributed by atoms with Gasteiger partial charge in [-0.3, -0.25) is 0 Å². The van der Waals surface area contributed by atoms with Crippen LogP contribution in [-0.2, 0) is 0 Å². The van der Waals surface area contributed by atoms with Gasteiger partial charge in [0.15, 0.2) is 0 Å². The minimum absolute atomic E-state index is 0.567. The van der Waals surface area contributed by atoms with E-state index in [0.717, 1.165) is 0 Å². The summed E-state index contributed by atoms with van der Waals surface area (Å²) >= 11 is 0. The molecule has 0 saturated carbocycles. The van der Waals surface area contributed by atoms with Gasteiger partial charge in [-0.25, -0.2) is 0 Å². The Balaban J connectivity index is 2.03. The van der Waals surface area contributed by atoms with Crippen molar-refractivity contribution < 1.29 is 0 Å². The summed E-state index contributed by atoms with van der Waals surface area (Å²) in [5, 5.41) is 6.20. The Labute approximate surface area is 240 Å². The quantitative estimate of drug-likeness (QED) is 0.210. The molecule has 204 valence electrons. The van der Waals surface area contributed by atoms with Gasteiger partial charge in [0.2, 0.25) is 0 Å². The van der Waals surface area contributed by atoms with Crippen LogP contribution in [0.1, 0.15) is 66.8 Å². The second kappa shape index (κ2) is 11.7. The van der Waals surface area contributed by atoms with Gasteiger partial charge in [-0.15, -0.1) is 0 Å². The third-order valence-corrected chi connectivity index (χ3v) is 16.1. The van der Waals surface area contributed by atoms with Crippen LogP contribution in [-0.4, -0.2) is 5.90 Å². The zero-order valence-electron chi connectivity index (χ0n) is 26.2. The number of rotatable bonds is 6. The lowest BCUT2D eigenvalue weighted by Crippen LogP contribution is -2.26. The van der Waals surface area contributed by atoms with E-state index in [-0.39, 0.29) is 0 Å². The Kier molecular flexibility index (Phi) is 8.91. The van der Waals surface area contributed by atoms with E-state index in [1.54, 1.807) is 21.2 Å². The molecule has 0 nitrogen and oxygen atoms in total. The molecule has 0 fully saturated rings. The molecule has 0 spiro atoms. The van der Waals surface area contributed by atoms with Gasteiger partial charge in [0.1, 0.15) is 0 Å². The third-order valence-electron chi connectivity index (χ3n) is 9.56. The Morgan fingerprint density at radius 2 is 0.513 bits per heavy atom. The highest BCUT2D eigenvalue weighted by atomic mass is 31.2. The smallest absolute Gasteiger partial charge is 0.00409 e.